The van der Waals surface area contributed by atoms with E-state index in [0.717, 1.165) is 6.07 Å². The number of carbonyl (C=O) groups excluding carboxylic acids is 1. The normalized spacial score (nSPS) is 15.6. The molecule has 0 atom stereocenters. The summed E-state index contributed by atoms with van der Waals surface area (Å²) in [5.41, 5.74) is 5.83. The highest BCUT2D eigenvalue weighted by molar-refractivity contribution is 5.89. The van der Waals surface area contributed by atoms with Crippen LogP contribution in [0.15, 0.2) is 18.2 Å². The van der Waals surface area contributed by atoms with Crippen LogP contribution >= 0.6 is 0 Å². The second-order valence-corrected chi connectivity index (χ2v) is 3.81. The fourth-order valence-electron chi connectivity index (χ4n) is 1.73. The predicted molar refractivity (Wildman–Crippen MR) is 59.7 cm³/mol. The molecule has 104 valence electrons. The number of cyclic esters (lactones) is 1. The molecule has 0 radical (unpaired) electrons. The Morgan fingerprint density at radius 2 is 2.16 bits per heavy atom. The van der Waals surface area contributed by atoms with Crippen LogP contribution < -0.4 is 15.4 Å². The van der Waals surface area contributed by atoms with Crippen molar-refractivity contribution in [3.05, 3.63) is 23.8 Å². The minimum Gasteiger partial charge on any atom is -0.447 e. The third-order valence-electron chi connectivity index (χ3n) is 2.57. The van der Waals surface area contributed by atoms with Crippen molar-refractivity contribution in [2.24, 2.45) is 5.73 Å². The molecular weight excluding hydrogens is 265 g/mol. The Morgan fingerprint density at radius 3 is 2.68 bits per heavy atom. The molecule has 1 aromatic rings. The van der Waals surface area contributed by atoms with E-state index >= 15 is 0 Å². The lowest BCUT2D eigenvalue weighted by molar-refractivity contribution is -0.274. The summed E-state index contributed by atoms with van der Waals surface area (Å²) in [6.07, 6.45) is -5.41. The second kappa shape index (κ2) is 4.96. The van der Waals surface area contributed by atoms with Gasteiger partial charge in [-0.25, -0.2) is 4.79 Å². The van der Waals surface area contributed by atoms with Crippen molar-refractivity contribution in [3.8, 4) is 5.75 Å². The van der Waals surface area contributed by atoms with Gasteiger partial charge in [-0.05, 0) is 6.07 Å². The molecule has 0 aromatic heterocycles. The van der Waals surface area contributed by atoms with Gasteiger partial charge >= 0.3 is 12.5 Å². The zero-order valence-corrected chi connectivity index (χ0v) is 9.74. The van der Waals surface area contributed by atoms with E-state index in [2.05, 4.69) is 4.74 Å². The van der Waals surface area contributed by atoms with Crippen LogP contribution in [0.25, 0.3) is 0 Å². The number of carbonyl (C=O) groups is 1. The minimum absolute atomic E-state index is 0.101. The lowest BCUT2D eigenvalue weighted by Gasteiger charge is -2.17. The molecule has 1 aromatic carbocycles. The number of nitrogens with two attached hydrogens (primary N) is 1. The molecule has 0 saturated carbocycles. The summed E-state index contributed by atoms with van der Waals surface area (Å²) in [4.78, 5) is 12.6. The lowest BCUT2D eigenvalue weighted by Crippen LogP contribution is -2.24. The molecule has 2 rings (SSSR count). The molecule has 1 amide bonds. The summed E-state index contributed by atoms with van der Waals surface area (Å²) >= 11 is 0. The van der Waals surface area contributed by atoms with Crippen molar-refractivity contribution in [3.63, 3.8) is 0 Å². The second-order valence-electron chi connectivity index (χ2n) is 3.81. The van der Waals surface area contributed by atoms with Crippen molar-refractivity contribution in [1.82, 2.24) is 0 Å². The molecule has 1 aliphatic rings. The largest absolute Gasteiger partial charge is 0.573 e. The summed E-state index contributed by atoms with van der Waals surface area (Å²) in [6, 6.07) is 4.02. The maximum Gasteiger partial charge on any atom is 0.573 e. The Labute approximate surface area is 106 Å². The number of nitrogens with zero attached hydrogens (tertiary/aromatic N) is 1. The summed E-state index contributed by atoms with van der Waals surface area (Å²) in [5.74, 6) is -0.410. The Bertz CT molecular complexity index is 491. The van der Waals surface area contributed by atoms with Crippen molar-refractivity contribution < 1.29 is 27.4 Å². The van der Waals surface area contributed by atoms with Gasteiger partial charge in [0.15, 0.2) is 0 Å². The van der Waals surface area contributed by atoms with Crippen molar-refractivity contribution in [2.75, 3.05) is 18.1 Å². The number of anilines is 1. The van der Waals surface area contributed by atoms with Gasteiger partial charge in [0.2, 0.25) is 0 Å². The zero-order chi connectivity index (χ0) is 14.0. The van der Waals surface area contributed by atoms with E-state index in [1.54, 1.807) is 0 Å². The average molecular weight is 276 g/mol. The number of benzene rings is 1. The third-order valence-corrected chi connectivity index (χ3v) is 2.57. The van der Waals surface area contributed by atoms with Gasteiger partial charge in [0, 0.05) is 18.2 Å². The lowest BCUT2D eigenvalue weighted by atomic mass is 10.1. The van der Waals surface area contributed by atoms with Gasteiger partial charge in [0.25, 0.3) is 0 Å². The molecule has 1 aliphatic heterocycles. The van der Waals surface area contributed by atoms with Crippen LogP contribution in [0.2, 0.25) is 0 Å². The molecule has 0 spiro atoms. The first-order valence-electron chi connectivity index (χ1n) is 5.44. The Kier molecular flexibility index (Phi) is 3.52. The molecule has 1 fully saturated rings. The molecular formula is C11H11F3N2O3. The maximum atomic E-state index is 12.3. The Balaban J connectivity index is 2.32. The number of rotatable bonds is 3. The first-order chi connectivity index (χ1) is 8.90. The highest BCUT2D eigenvalue weighted by atomic mass is 19.4. The molecule has 1 heterocycles. The Hall–Kier alpha value is -1.96. The fourth-order valence-corrected chi connectivity index (χ4v) is 1.73. The molecule has 19 heavy (non-hydrogen) atoms. The molecule has 0 unspecified atom stereocenters. The van der Waals surface area contributed by atoms with Gasteiger partial charge in [0.05, 0.1) is 12.2 Å². The molecule has 2 N–H and O–H groups in total. The summed E-state index contributed by atoms with van der Waals surface area (Å²) < 4.78 is 45.4. The van der Waals surface area contributed by atoms with Crippen molar-refractivity contribution >= 4 is 11.8 Å². The first-order valence-corrected chi connectivity index (χ1v) is 5.44. The van der Waals surface area contributed by atoms with Crippen LogP contribution in [0.4, 0.5) is 23.7 Å². The van der Waals surface area contributed by atoms with E-state index in [1.807, 2.05) is 0 Å². The molecule has 5 nitrogen and oxygen atoms in total. The van der Waals surface area contributed by atoms with Crippen LogP contribution in [0, 0.1) is 0 Å². The van der Waals surface area contributed by atoms with Crippen LogP contribution in [-0.2, 0) is 11.3 Å². The number of hydrogen-bond donors (Lipinski definition) is 1. The van der Waals surface area contributed by atoms with E-state index in [1.165, 1.54) is 17.0 Å². The number of hydrogen-bond acceptors (Lipinski definition) is 4. The summed E-state index contributed by atoms with van der Waals surface area (Å²) in [5, 5.41) is 0. The fraction of sp³-hybridized carbons (Fsp3) is 0.364. The van der Waals surface area contributed by atoms with Crippen molar-refractivity contribution in [2.45, 2.75) is 12.9 Å². The standard InChI is InChI=1S/C11H11F3N2O3/c12-11(13,14)19-9-5-8(2-1-7(9)6-15)16-3-4-18-10(16)17/h1-2,5H,3-4,6,15H2. The van der Waals surface area contributed by atoms with Crippen LogP contribution in [0.3, 0.4) is 0 Å². The molecule has 0 bridgehead atoms. The van der Waals surface area contributed by atoms with E-state index in [0.29, 0.717) is 0 Å². The number of alkyl halides is 3. The van der Waals surface area contributed by atoms with E-state index in [4.69, 9.17) is 10.5 Å². The number of amides is 1. The van der Waals surface area contributed by atoms with Crippen LogP contribution in [0.5, 0.6) is 5.75 Å². The van der Waals surface area contributed by atoms with Crippen molar-refractivity contribution in [1.29, 1.82) is 0 Å². The highest BCUT2D eigenvalue weighted by Crippen LogP contribution is 2.31. The summed E-state index contributed by atoms with van der Waals surface area (Å²) in [7, 11) is 0. The quantitative estimate of drug-likeness (QED) is 0.917. The topological polar surface area (TPSA) is 64.8 Å². The van der Waals surface area contributed by atoms with Crippen LogP contribution in [-0.4, -0.2) is 25.6 Å². The van der Waals surface area contributed by atoms with Gasteiger partial charge in [0.1, 0.15) is 12.4 Å². The summed E-state index contributed by atoms with van der Waals surface area (Å²) in [6.45, 7) is 0.384. The smallest absolute Gasteiger partial charge is 0.447 e. The van der Waals surface area contributed by atoms with Gasteiger partial charge in [-0.1, -0.05) is 6.07 Å². The first kappa shape index (κ1) is 13.5. The highest BCUT2D eigenvalue weighted by Gasteiger charge is 2.33. The third kappa shape index (κ3) is 3.08. The Morgan fingerprint density at radius 1 is 1.42 bits per heavy atom. The van der Waals surface area contributed by atoms with E-state index in [-0.39, 0.29) is 30.9 Å². The predicted octanol–water partition coefficient (Wildman–Crippen LogP) is 2.00. The molecule has 8 heteroatoms. The van der Waals surface area contributed by atoms with E-state index < -0.39 is 18.2 Å². The molecule has 0 aliphatic carbocycles. The van der Waals surface area contributed by atoms with Gasteiger partial charge in [-0.2, -0.15) is 0 Å². The minimum atomic E-state index is -4.81. The molecule has 1 saturated heterocycles. The monoisotopic (exact) mass is 276 g/mol. The zero-order valence-electron chi connectivity index (χ0n) is 9.74. The van der Waals surface area contributed by atoms with Gasteiger partial charge in [-0.3, -0.25) is 4.90 Å². The van der Waals surface area contributed by atoms with E-state index in [9.17, 15) is 18.0 Å². The average Bonchev–Trinajstić information content (AvgIpc) is 2.73. The van der Waals surface area contributed by atoms with Gasteiger partial charge in [-0.15, -0.1) is 13.2 Å². The maximum absolute atomic E-state index is 12.3. The number of halogens is 3. The number of ether oxygens (including phenoxy) is 2. The SMILES string of the molecule is NCc1ccc(N2CCOC2=O)cc1OC(F)(F)F. The van der Waals surface area contributed by atoms with Gasteiger partial charge < -0.3 is 15.2 Å². The van der Waals surface area contributed by atoms with Crippen LogP contribution in [0.1, 0.15) is 5.56 Å².